The normalized spacial score (nSPS) is 10.4. The van der Waals surface area contributed by atoms with Crippen LogP contribution in [0.3, 0.4) is 0 Å². The van der Waals surface area contributed by atoms with E-state index in [1.807, 2.05) is 12.2 Å². The molecule has 0 saturated carbocycles. The molecule has 0 aliphatic heterocycles. The Morgan fingerprint density at radius 1 is 1.40 bits per heavy atom. The fourth-order valence-electron chi connectivity index (χ4n) is 0.535. The van der Waals surface area contributed by atoms with Crippen LogP contribution in [0.1, 0.15) is 27.2 Å². The molecule has 0 heteroatoms. The molecule has 54 valence electrons. The predicted molar refractivity (Wildman–Crippen MR) is 46.6 cm³/mol. The number of hydrogen-bond donors (Lipinski definition) is 0. The van der Waals surface area contributed by atoms with E-state index in [2.05, 4.69) is 26.7 Å². The highest BCUT2D eigenvalue weighted by molar-refractivity contribution is 5.29. The van der Waals surface area contributed by atoms with Gasteiger partial charge in [-0.25, -0.2) is 0 Å². The topological polar surface area (TPSA) is 0 Å². The standard InChI is InChI=1S/C10H14/c1-5-10(6-2)8-7-9(3)4/h1,7-8H,6H2,2-4H3/b10-8+. The van der Waals surface area contributed by atoms with Crippen LogP contribution in [0.25, 0.3) is 0 Å². The minimum absolute atomic E-state index is 0.945. The molecule has 0 aliphatic carbocycles. The molecule has 0 heterocycles. The van der Waals surface area contributed by atoms with Gasteiger partial charge in [0.15, 0.2) is 0 Å². The van der Waals surface area contributed by atoms with Crippen molar-refractivity contribution in [1.82, 2.24) is 0 Å². The summed E-state index contributed by atoms with van der Waals surface area (Å²) in [7, 11) is 0. The first kappa shape index (κ1) is 9.04. The highest BCUT2D eigenvalue weighted by Crippen LogP contribution is 1.99. The van der Waals surface area contributed by atoms with Crippen molar-refractivity contribution in [2.45, 2.75) is 27.2 Å². The molecule has 0 radical (unpaired) electrons. The average Bonchev–Trinajstić information content (AvgIpc) is 1.90. The van der Waals surface area contributed by atoms with Crippen molar-refractivity contribution in [3.8, 4) is 12.3 Å². The molecule has 0 atom stereocenters. The van der Waals surface area contributed by atoms with Gasteiger partial charge in [0.2, 0.25) is 0 Å². The van der Waals surface area contributed by atoms with Crippen molar-refractivity contribution in [3.63, 3.8) is 0 Å². The molecule has 10 heavy (non-hydrogen) atoms. The Labute approximate surface area is 63.6 Å². The number of hydrogen-bond acceptors (Lipinski definition) is 0. The molecule has 0 N–H and O–H groups in total. The minimum Gasteiger partial charge on any atom is -0.115 e. The fraction of sp³-hybridized carbons (Fsp3) is 0.400. The smallest absolute Gasteiger partial charge is 0.00148 e. The first-order chi connectivity index (χ1) is 4.70. The Bertz CT molecular complexity index is 183. The third kappa shape index (κ3) is 3.97. The van der Waals surface area contributed by atoms with Gasteiger partial charge in [-0.1, -0.05) is 30.6 Å². The third-order valence-corrected chi connectivity index (χ3v) is 1.18. The SMILES string of the molecule is C#C/C(=C\C=C(C)C)CC. The van der Waals surface area contributed by atoms with Crippen LogP contribution in [0.5, 0.6) is 0 Å². The van der Waals surface area contributed by atoms with Gasteiger partial charge >= 0.3 is 0 Å². The Morgan fingerprint density at radius 2 is 2.00 bits per heavy atom. The first-order valence-corrected chi connectivity index (χ1v) is 3.51. The van der Waals surface area contributed by atoms with Gasteiger partial charge in [-0.2, -0.15) is 0 Å². The van der Waals surface area contributed by atoms with Crippen LogP contribution in [0.4, 0.5) is 0 Å². The van der Waals surface area contributed by atoms with E-state index in [4.69, 9.17) is 6.42 Å². The monoisotopic (exact) mass is 134 g/mol. The van der Waals surface area contributed by atoms with Crippen molar-refractivity contribution in [3.05, 3.63) is 23.3 Å². The Hall–Kier alpha value is -0.960. The first-order valence-electron chi connectivity index (χ1n) is 3.51. The van der Waals surface area contributed by atoms with Gasteiger partial charge in [0.25, 0.3) is 0 Å². The second-order valence-corrected chi connectivity index (χ2v) is 2.43. The molecular weight excluding hydrogens is 120 g/mol. The summed E-state index contributed by atoms with van der Waals surface area (Å²) in [6.07, 6.45) is 10.2. The van der Waals surface area contributed by atoms with Crippen LogP contribution in [0.2, 0.25) is 0 Å². The van der Waals surface area contributed by atoms with Crippen molar-refractivity contribution in [2.75, 3.05) is 0 Å². The lowest BCUT2D eigenvalue weighted by atomic mass is 10.2. The lowest BCUT2D eigenvalue weighted by Gasteiger charge is -1.89. The number of terminal acetylenes is 1. The maximum atomic E-state index is 5.22. The zero-order chi connectivity index (χ0) is 7.98. The summed E-state index contributed by atoms with van der Waals surface area (Å²) >= 11 is 0. The summed E-state index contributed by atoms with van der Waals surface area (Å²) in [5.74, 6) is 2.62. The third-order valence-electron chi connectivity index (χ3n) is 1.18. The van der Waals surface area contributed by atoms with Crippen LogP contribution in [-0.2, 0) is 0 Å². The molecule has 0 fully saturated rings. The van der Waals surface area contributed by atoms with Gasteiger partial charge in [-0.05, 0) is 20.3 Å². The van der Waals surface area contributed by atoms with Gasteiger partial charge < -0.3 is 0 Å². The molecule has 0 nitrogen and oxygen atoms in total. The summed E-state index contributed by atoms with van der Waals surface area (Å²) in [4.78, 5) is 0. The summed E-state index contributed by atoms with van der Waals surface area (Å²) in [6.45, 7) is 6.17. The van der Waals surface area contributed by atoms with E-state index in [0.717, 1.165) is 12.0 Å². The zero-order valence-electron chi connectivity index (χ0n) is 6.94. The molecule has 0 aliphatic rings. The van der Waals surface area contributed by atoms with E-state index in [-0.39, 0.29) is 0 Å². The molecule has 0 aromatic carbocycles. The van der Waals surface area contributed by atoms with E-state index in [0.29, 0.717) is 0 Å². The fourth-order valence-corrected chi connectivity index (χ4v) is 0.535. The second-order valence-electron chi connectivity index (χ2n) is 2.43. The van der Waals surface area contributed by atoms with Crippen LogP contribution in [0.15, 0.2) is 23.3 Å². The van der Waals surface area contributed by atoms with Crippen LogP contribution in [-0.4, -0.2) is 0 Å². The predicted octanol–water partition coefficient (Wildman–Crippen LogP) is 2.92. The second kappa shape index (κ2) is 4.88. The van der Waals surface area contributed by atoms with Crippen LogP contribution < -0.4 is 0 Å². The Morgan fingerprint density at radius 3 is 2.30 bits per heavy atom. The molecule has 0 bridgehead atoms. The maximum Gasteiger partial charge on any atom is 0.00148 e. The molecule has 0 saturated heterocycles. The lowest BCUT2D eigenvalue weighted by Crippen LogP contribution is -1.72. The van der Waals surface area contributed by atoms with Gasteiger partial charge in [0.1, 0.15) is 0 Å². The van der Waals surface area contributed by atoms with E-state index in [1.54, 1.807) is 0 Å². The Kier molecular flexibility index (Phi) is 4.41. The maximum absolute atomic E-state index is 5.22. The van der Waals surface area contributed by atoms with Crippen molar-refractivity contribution in [1.29, 1.82) is 0 Å². The average molecular weight is 134 g/mol. The van der Waals surface area contributed by atoms with Crippen LogP contribution in [0, 0.1) is 12.3 Å². The molecule has 0 aromatic heterocycles. The highest BCUT2D eigenvalue weighted by atomic mass is 13.9. The molecule has 0 amide bonds. The summed E-state index contributed by atoms with van der Waals surface area (Å²) in [5.41, 5.74) is 2.34. The molecule has 0 spiro atoms. The van der Waals surface area contributed by atoms with Gasteiger partial charge in [0.05, 0.1) is 0 Å². The van der Waals surface area contributed by atoms with E-state index in [9.17, 15) is 0 Å². The highest BCUT2D eigenvalue weighted by Gasteiger charge is 1.82. The number of rotatable bonds is 2. The van der Waals surface area contributed by atoms with Gasteiger partial charge in [0, 0.05) is 5.57 Å². The van der Waals surface area contributed by atoms with Crippen molar-refractivity contribution in [2.24, 2.45) is 0 Å². The number of allylic oxidation sites excluding steroid dienone is 4. The molecule has 0 unspecified atom stereocenters. The minimum atomic E-state index is 0.945. The molecule has 0 rings (SSSR count). The lowest BCUT2D eigenvalue weighted by molar-refractivity contribution is 1.16. The molecular formula is C10H14. The zero-order valence-corrected chi connectivity index (χ0v) is 6.94. The summed E-state index contributed by atoms with van der Waals surface area (Å²) in [5, 5.41) is 0. The van der Waals surface area contributed by atoms with Gasteiger partial charge in [-0.15, -0.1) is 6.42 Å². The quantitative estimate of drug-likeness (QED) is 0.402. The summed E-state index contributed by atoms with van der Waals surface area (Å²) < 4.78 is 0. The summed E-state index contributed by atoms with van der Waals surface area (Å²) in [6, 6.07) is 0. The van der Waals surface area contributed by atoms with E-state index < -0.39 is 0 Å². The van der Waals surface area contributed by atoms with Crippen molar-refractivity contribution < 1.29 is 0 Å². The van der Waals surface area contributed by atoms with Crippen molar-refractivity contribution >= 4 is 0 Å². The van der Waals surface area contributed by atoms with E-state index in [1.165, 1.54) is 5.57 Å². The molecule has 0 aromatic rings. The van der Waals surface area contributed by atoms with Crippen LogP contribution >= 0.6 is 0 Å². The van der Waals surface area contributed by atoms with Gasteiger partial charge in [-0.3, -0.25) is 0 Å². The van der Waals surface area contributed by atoms with E-state index >= 15 is 0 Å². The largest absolute Gasteiger partial charge is 0.115 e. The Balaban J connectivity index is 4.17.